The van der Waals surface area contributed by atoms with E-state index in [2.05, 4.69) is 6.92 Å². The molecule has 0 aliphatic carbocycles. The van der Waals surface area contributed by atoms with Crippen LogP contribution in [0.1, 0.15) is 27.7 Å². The smallest absolute Gasteiger partial charge is 0.410 e. The molecule has 1 amide bonds. The number of likely N-dealkylation sites (tertiary alicyclic amines) is 1. The number of ether oxygens (including phenoxy) is 2. The van der Waals surface area contributed by atoms with Gasteiger partial charge in [-0.25, -0.2) is 4.79 Å². The van der Waals surface area contributed by atoms with Crippen LogP contribution in [0.5, 0.6) is 0 Å². The normalized spacial score (nSPS) is 35.7. The Bertz CT molecular complexity index is 323. The van der Waals surface area contributed by atoms with E-state index in [1.807, 2.05) is 20.8 Å². The summed E-state index contributed by atoms with van der Waals surface area (Å²) in [6, 6.07) is -0.106. The lowest BCUT2D eigenvalue weighted by Gasteiger charge is -2.31. The summed E-state index contributed by atoms with van der Waals surface area (Å²) in [6.07, 6.45) is -0.341. The Kier molecular flexibility index (Phi) is 3.56. The van der Waals surface area contributed by atoms with E-state index in [0.29, 0.717) is 19.1 Å². The number of hydrogen-bond acceptors (Lipinski definition) is 4. The van der Waals surface area contributed by atoms with Crippen LogP contribution in [0.2, 0.25) is 0 Å². The Morgan fingerprint density at radius 1 is 1.44 bits per heavy atom. The van der Waals surface area contributed by atoms with Gasteiger partial charge in [-0.2, -0.15) is 0 Å². The summed E-state index contributed by atoms with van der Waals surface area (Å²) in [6.45, 7) is 8.81. The molecule has 5 heteroatoms. The molecule has 0 spiro atoms. The van der Waals surface area contributed by atoms with Crippen molar-refractivity contribution in [3.63, 3.8) is 0 Å². The van der Waals surface area contributed by atoms with Crippen LogP contribution in [-0.2, 0) is 9.47 Å². The number of aliphatic hydroxyl groups is 1. The first kappa shape index (κ1) is 13.6. The number of fused-ring (bicyclic) bond motifs is 1. The lowest BCUT2D eigenvalue weighted by atomic mass is 9.91. The molecular formula is C13H23NO4. The van der Waals surface area contributed by atoms with Gasteiger partial charge >= 0.3 is 6.09 Å². The van der Waals surface area contributed by atoms with Gasteiger partial charge in [0.2, 0.25) is 0 Å². The summed E-state index contributed by atoms with van der Waals surface area (Å²) in [5.74, 6) is 0.560. The molecule has 0 aromatic heterocycles. The number of hydrogen-bond donors (Lipinski definition) is 1. The highest BCUT2D eigenvalue weighted by Crippen LogP contribution is 2.39. The van der Waals surface area contributed by atoms with E-state index in [4.69, 9.17) is 9.47 Å². The molecule has 0 aromatic rings. The van der Waals surface area contributed by atoms with Gasteiger partial charge in [0.15, 0.2) is 0 Å². The molecule has 2 aliphatic heterocycles. The highest BCUT2D eigenvalue weighted by atomic mass is 16.6. The average Bonchev–Trinajstić information content (AvgIpc) is 2.77. The van der Waals surface area contributed by atoms with Crippen LogP contribution < -0.4 is 0 Å². The molecule has 1 unspecified atom stereocenters. The zero-order valence-electron chi connectivity index (χ0n) is 11.5. The molecule has 0 saturated carbocycles. The van der Waals surface area contributed by atoms with E-state index in [9.17, 15) is 9.90 Å². The second-order valence-electron chi connectivity index (χ2n) is 6.27. The molecule has 0 aromatic carbocycles. The van der Waals surface area contributed by atoms with Crippen LogP contribution >= 0.6 is 0 Å². The van der Waals surface area contributed by atoms with Crippen molar-refractivity contribution in [2.45, 2.75) is 45.4 Å². The Morgan fingerprint density at radius 2 is 2.11 bits per heavy atom. The third kappa shape index (κ3) is 2.34. The predicted molar refractivity (Wildman–Crippen MR) is 66.2 cm³/mol. The summed E-state index contributed by atoms with van der Waals surface area (Å²) in [7, 11) is 0. The molecule has 2 fully saturated rings. The lowest BCUT2D eigenvalue weighted by Crippen LogP contribution is -2.47. The number of amides is 1. The maximum Gasteiger partial charge on any atom is 0.410 e. The molecule has 2 saturated heterocycles. The van der Waals surface area contributed by atoms with Crippen molar-refractivity contribution in [3.8, 4) is 0 Å². The van der Waals surface area contributed by atoms with E-state index in [1.165, 1.54) is 0 Å². The molecule has 0 radical (unpaired) electrons. The van der Waals surface area contributed by atoms with Gasteiger partial charge in [0.25, 0.3) is 0 Å². The van der Waals surface area contributed by atoms with Gasteiger partial charge in [-0.15, -0.1) is 0 Å². The fourth-order valence-electron chi connectivity index (χ4n) is 2.97. The van der Waals surface area contributed by atoms with Crippen LogP contribution in [0.3, 0.4) is 0 Å². The van der Waals surface area contributed by atoms with Gasteiger partial charge in [-0.05, 0) is 26.7 Å². The van der Waals surface area contributed by atoms with E-state index >= 15 is 0 Å². The Labute approximate surface area is 108 Å². The number of rotatable bonds is 1. The highest BCUT2D eigenvalue weighted by molar-refractivity contribution is 5.69. The average molecular weight is 257 g/mol. The van der Waals surface area contributed by atoms with Gasteiger partial charge in [-0.3, -0.25) is 4.90 Å². The Morgan fingerprint density at radius 3 is 2.67 bits per heavy atom. The molecular weight excluding hydrogens is 234 g/mol. The zero-order chi connectivity index (χ0) is 13.5. The number of nitrogens with zero attached hydrogens (tertiary/aromatic N) is 1. The minimum atomic E-state index is -0.516. The van der Waals surface area contributed by atoms with Gasteiger partial charge in [-0.1, -0.05) is 6.92 Å². The molecule has 18 heavy (non-hydrogen) atoms. The Balaban J connectivity index is 2.16. The van der Waals surface area contributed by atoms with E-state index in [0.717, 1.165) is 0 Å². The van der Waals surface area contributed by atoms with Crippen LogP contribution in [0.15, 0.2) is 0 Å². The highest BCUT2D eigenvalue weighted by Gasteiger charge is 2.52. The monoisotopic (exact) mass is 257 g/mol. The van der Waals surface area contributed by atoms with E-state index in [-0.39, 0.29) is 30.7 Å². The SMILES string of the molecule is CC1[C@H]2COC[C@H]2N(C(=O)OC(C)(C)C)[C@H]1CO. The van der Waals surface area contributed by atoms with Crippen molar-refractivity contribution in [1.82, 2.24) is 4.90 Å². The standard InChI is InChI=1S/C13H23NO4/c1-8-9-6-17-7-11(9)14(10(8)5-15)12(16)18-13(2,3)4/h8-11,15H,5-7H2,1-4H3/t8?,9-,10+,11-/m1/s1. The van der Waals surface area contributed by atoms with Crippen LogP contribution in [0.25, 0.3) is 0 Å². The minimum Gasteiger partial charge on any atom is -0.444 e. The number of carbonyl (C=O) groups excluding carboxylic acids is 1. The topological polar surface area (TPSA) is 59.0 Å². The summed E-state index contributed by atoms with van der Waals surface area (Å²) >= 11 is 0. The number of aliphatic hydroxyl groups excluding tert-OH is 1. The van der Waals surface area contributed by atoms with Crippen molar-refractivity contribution >= 4 is 6.09 Å². The van der Waals surface area contributed by atoms with Crippen molar-refractivity contribution < 1.29 is 19.4 Å². The largest absolute Gasteiger partial charge is 0.444 e. The fraction of sp³-hybridized carbons (Fsp3) is 0.923. The zero-order valence-corrected chi connectivity index (χ0v) is 11.5. The number of carbonyl (C=O) groups is 1. The third-order valence-corrected chi connectivity index (χ3v) is 3.88. The van der Waals surface area contributed by atoms with Crippen LogP contribution in [-0.4, -0.2) is 53.6 Å². The fourth-order valence-corrected chi connectivity index (χ4v) is 2.97. The molecule has 4 atom stereocenters. The molecule has 0 bridgehead atoms. The van der Waals surface area contributed by atoms with Crippen molar-refractivity contribution in [2.75, 3.05) is 19.8 Å². The first-order valence-corrected chi connectivity index (χ1v) is 6.55. The molecule has 2 aliphatic rings. The summed E-state index contributed by atoms with van der Waals surface area (Å²) in [5.41, 5.74) is -0.516. The van der Waals surface area contributed by atoms with Gasteiger partial charge < -0.3 is 14.6 Å². The lowest BCUT2D eigenvalue weighted by molar-refractivity contribution is 0.00146. The first-order valence-electron chi connectivity index (χ1n) is 6.55. The van der Waals surface area contributed by atoms with Crippen LogP contribution in [0, 0.1) is 11.8 Å². The summed E-state index contributed by atoms with van der Waals surface area (Å²) in [4.78, 5) is 13.9. The summed E-state index contributed by atoms with van der Waals surface area (Å²) in [5, 5.41) is 9.52. The second-order valence-corrected chi connectivity index (χ2v) is 6.27. The molecule has 5 nitrogen and oxygen atoms in total. The molecule has 2 heterocycles. The quantitative estimate of drug-likeness (QED) is 0.768. The molecule has 2 rings (SSSR count). The van der Waals surface area contributed by atoms with Gasteiger partial charge in [0.05, 0.1) is 31.9 Å². The van der Waals surface area contributed by atoms with Crippen molar-refractivity contribution in [2.24, 2.45) is 11.8 Å². The van der Waals surface area contributed by atoms with E-state index in [1.54, 1.807) is 4.90 Å². The third-order valence-electron chi connectivity index (χ3n) is 3.88. The summed E-state index contributed by atoms with van der Waals surface area (Å²) < 4.78 is 10.9. The molecule has 104 valence electrons. The first-order chi connectivity index (χ1) is 8.35. The Hall–Kier alpha value is -0.810. The minimum absolute atomic E-state index is 0.0204. The van der Waals surface area contributed by atoms with Gasteiger partial charge in [0, 0.05) is 5.92 Å². The van der Waals surface area contributed by atoms with Crippen LogP contribution in [0.4, 0.5) is 4.79 Å². The van der Waals surface area contributed by atoms with Crippen molar-refractivity contribution in [3.05, 3.63) is 0 Å². The second kappa shape index (κ2) is 4.70. The molecule has 1 N–H and O–H groups in total. The van der Waals surface area contributed by atoms with Crippen molar-refractivity contribution in [1.29, 1.82) is 0 Å². The van der Waals surface area contributed by atoms with E-state index < -0.39 is 5.60 Å². The maximum atomic E-state index is 12.3. The van der Waals surface area contributed by atoms with Gasteiger partial charge in [0.1, 0.15) is 5.60 Å². The predicted octanol–water partition coefficient (Wildman–Crippen LogP) is 1.25. The maximum absolute atomic E-state index is 12.3.